The second-order valence-corrected chi connectivity index (χ2v) is 20.9. The molecule has 2 saturated carbocycles. The van der Waals surface area contributed by atoms with Crippen LogP contribution in [0.2, 0.25) is 10.0 Å². The number of hydrogen-bond acceptors (Lipinski definition) is 10. The van der Waals surface area contributed by atoms with Crippen molar-refractivity contribution in [3.05, 3.63) is 79.2 Å². The molecule has 12 nitrogen and oxygen atoms in total. The highest BCUT2D eigenvalue weighted by atomic mass is 35.5. The third kappa shape index (κ3) is 10.0. The van der Waals surface area contributed by atoms with Gasteiger partial charge in [-0.3, -0.25) is 19.2 Å². The summed E-state index contributed by atoms with van der Waals surface area (Å²) in [6, 6.07) is 7.29. The molecule has 0 radical (unpaired) electrons. The standard InChI is InChI=1S/C24H30ClNO5.C19H22ClNO4.C5H9ClO/c1-14-12-16(25)13-15(2)17(14)18-19(31-21(28)22(3,4)5)23(26-20(18)27)6-8-24(9-7-23)29-10-11-30-24;1-11-9-13(20)10-12(2)14(11)15-16(22)18(21-17(15)23)3-5-19(6-4-18)24-7-8-25-19;1-5(2,3)4(6)7/h12-13H,6-11H2,1-5H3,(H,26,27);9-10,22H,3-8H2,1-2H3,(H,21,23);1-3H3. The Morgan fingerprint density at radius 1 is 0.603 bits per heavy atom. The fourth-order valence-corrected chi connectivity index (χ4v) is 9.88. The summed E-state index contributed by atoms with van der Waals surface area (Å²) in [7, 11) is 0. The summed E-state index contributed by atoms with van der Waals surface area (Å²) < 4.78 is 29.3. The molecule has 4 fully saturated rings. The number of rotatable bonds is 3. The van der Waals surface area contributed by atoms with E-state index in [4.69, 9.17) is 58.5 Å². The minimum absolute atomic E-state index is 0.138. The summed E-state index contributed by atoms with van der Waals surface area (Å²) in [5, 5.41) is 18.2. The molecular weight excluding hydrogens is 871 g/mol. The molecule has 2 aliphatic carbocycles. The van der Waals surface area contributed by atoms with Crippen LogP contribution in [0.15, 0.2) is 35.8 Å². The highest BCUT2D eigenvalue weighted by molar-refractivity contribution is 6.64. The maximum Gasteiger partial charge on any atom is 0.316 e. The van der Waals surface area contributed by atoms with E-state index in [9.17, 15) is 24.3 Å². The SMILES string of the molecule is CC(C)(C)C(=O)Cl.Cc1cc(Cl)cc(C)c1C1=C(O)C2(CCC3(CC2)OCCO3)NC1=O.Cc1cc(Cl)cc(C)c1C1=C(OC(=O)C(C)(C)C)C2(CCC3(CC2)OCCO3)NC1=O. The van der Waals surface area contributed by atoms with Gasteiger partial charge in [-0.2, -0.15) is 0 Å². The fraction of sp³-hybridized carbons (Fsp3) is 0.583. The Hall–Kier alpha value is -3.49. The Labute approximate surface area is 385 Å². The highest BCUT2D eigenvalue weighted by Gasteiger charge is 2.56. The van der Waals surface area contributed by atoms with Crippen LogP contribution >= 0.6 is 34.8 Å². The van der Waals surface area contributed by atoms with Gasteiger partial charge in [0, 0.05) is 41.1 Å². The molecular formula is C48H61Cl3N2O10. The van der Waals surface area contributed by atoms with Crippen molar-refractivity contribution in [1.82, 2.24) is 10.6 Å². The van der Waals surface area contributed by atoms with E-state index >= 15 is 0 Å². The van der Waals surface area contributed by atoms with E-state index in [2.05, 4.69) is 10.6 Å². The predicted octanol–water partition coefficient (Wildman–Crippen LogP) is 9.65. The van der Waals surface area contributed by atoms with Crippen LogP contribution in [0, 0.1) is 38.5 Å². The molecule has 0 aromatic heterocycles. The largest absolute Gasteiger partial charge is 0.509 e. The summed E-state index contributed by atoms with van der Waals surface area (Å²) in [5.41, 5.74) is 3.28. The van der Waals surface area contributed by atoms with Crippen LogP contribution in [0.5, 0.6) is 0 Å². The van der Waals surface area contributed by atoms with Gasteiger partial charge in [0.2, 0.25) is 5.24 Å². The van der Waals surface area contributed by atoms with Crippen molar-refractivity contribution < 1.29 is 48.0 Å². The zero-order valence-corrected chi connectivity index (χ0v) is 40.3. The van der Waals surface area contributed by atoms with E-state index in [0.717, 1.165) is 33.4 Å². The lowest BCUT2D eigenvalue weighted by molar-refractivity contribution is -0.186. The molecule has 2 saturated heterocycles. The molecule has 4 aliphatic heterocycles. The van der Waals surface area contributed by atoms with Gasteiger partial charge in [0.05, 0.1) is 54.1 Å². The molecule has 0 unspecified atom stereocenters. The van der Waals surface area contributed by atoms with Crippen molar-refractivity contribution in [3.63, 3.8) is 0 Å². The third-order valence-electron chi connectivity index (χ3n) is 12.8. The number of aliphatic hydroxyl groups excluding tert-OH is 1. The maximum absolute atomic E-state index is 13.3. The van der Waals surface area contributed by atoms with Gasteiger partial charge in [-0.15, -0.1) is 0 Å². The topological polar surface area (TPSA) is 159 Å². The van der Waals surface area contributed by atoms with Crippen LogP contribution in [-0.2, 0) is 42.9 Å². The van der Waals surface area contributed by atoms with Crippen LogP contribution in [0.25, 0.3) is 11.1 Å². The van der Waals surface area contributed by atoms with E-state index in [0.29, 0.717) is 105 Å². The van der Waals surface area contributed by atoms with Gasteiger partial charge < -0.3 is 39.4 Å². The van der Waals surface area contributed by atoms with Gasteiger partial charge in [0.15, 0.2) is 11.6 Å². The van der Waals surface area contributed by atoms with Crippen LogP contribution in [0.4, 0.5) is 0 Å². The Kier molecular flexibility index (Phi) is 14.0. The molecule has 6 aliphatic rings. The molecule has 15 heteroatoms. The Balaban J connectivity index is 0.000000185. The third-order valence-corrected chi connectivity index (χ3v) is 13.8. The van der Waals surface area contributed by atoms with Crippen molar-refractivity contribution in [3.8, 4) is 0 Å². The van der Waals surface area contributed by atoms with E-state index in [1.165, 1.54) is 0 Å². The fourth-order valence-electron chi connectivity index (χ4n) is 9.23. The van der Waals surface area contributed by atoms with Crippen molar-refractivity contribution in [2.45, 2.75) is 143 Å². The first-order chi connectivity index (χ1) is 29.3. The summed E-state index contributed by atoms with van der Waals surface area (Å²) >= 11 is 17.4. The molecule has 0 bridgehead atoms. The number of halogens is 3. The minimum atomic E-state index is -0.758. The van der Waals surface area contributed by atoms with Crippen molar-refractivity contribution >= 4 is 69.0 Å². The van der Waals surface area contributed by atoms with Crippen molar-refractivity contribution in [1.29, 1.82) is 0 Å². The molecule has 8 rings (SSSR count). The van der Waals surface area contributed by atoms with Crippen molar-refractivity contribution in [2.75, 3.05) is 26.4 Å². The molecule has 2 aromatic carbocycles. The molecule has 3 N–H and O–H groups in total. The Morgan fingerprint density at radius 2 is 0.937 bits per heavy atom. The minimum Gasteiger partial charge on any atom is -0.509 e. The molecule has 0 atom stereocenters. The quantitative estimate of drug-likeness (QED) is 0.200. The Bertz CT molecular complexity index is 2170. The first kappa shape index (κ1) is 49.0. The molecule has 2 aromatic rings. The number of amides is 2. The van der Waals surface area contributed by atoms with Crippen molar-refractivity contribution in [2.24, 2.45) is 10.8 Å². The van der Waals surface area contributed by atoms with E-state index < -0.39 is 28.1 Å². The molecule has 4 heterocycles. The first-order valence-electron chi connectivity index (χ1n) is 21.6. The first-order valence-corrected chi connectivity index (χ1v) is 22.8. The molecule has 4 spiro atoms. The number of carbonyl (C=O) groups is 4. The van der Waals surface area contributed by atoms with Gasteiger partial charge in [-0.1, -0.05) is 44.0 Å². The summed E-state index contributed by atoms with van der Waals surface area (Å²) in [5.74, 6) is -1.40. The monoisotopic (exact) mass is 930 g/mol. The predicted molar refractivity (Wildman–Crippen MR) is 242 cm³/mol. The number of esters is 1. The number of hydrogen-bond donors (Lipinski definition) is 3. The lowest BCUT2D eigenvalue weighted by Gasteiger charge is -2.42. The van der Waals surface area contributed by atoms with Gasteiger partial charge >= 0.3 is 5.97 Å². The van der Waals surface area contributed by atoms with Crippen LogP contribution < -0.4 is 10.6 Å². The normalized spacial score (nSPS) is 21.9. The van der Waals surface area contributed by atoms with Gasteiger partial charge in [0.25, 0.3) is 11.8 Å². The number of benzene rings is 2. The van der Waals surface area contributed by atoms with Crippen LogP contribution in [0.3, 0.4) is 0 Å². The lowest BCUT2D eigenvalue weighted by Crippen LogP contribution is -2.52. The summed E-state index contributed by atoms with van der Waals surface area (Å²) in [6.07, 6.45) is 4.89. The number of carbonyl (C=O) groups excluding carboxylic acids is 4. The number of aryl methyl sites for hydroxylation is 4. The van der Waals surface area contributed by atoms with E-state index in [1.807, 2.05) is 52.0 Å². The smallest absolute Gasteiger partial charge is 0.316 e. The zero-order valence-electron chi connectivity index (χ0n) is 38.1. The second kappa shape index (κ2) is 18.1. The van der Waals surface area contributed by atoms with Gasteiger partial charge in [0.1, 0.15) is 11.5 Å². The Morgan fingerprint density at radius 3 is 1.30 bits per heavy atom. The van der Waals surface area contributed by atoms with Crippen LogP contribution in [0.1, 0.15) is 126 Å². The lowest BCUT2D eigenvalue weighted by atomic mass is 9.77. The highest BCUT2D eigenvalue weighted by Crippen LogP contribution is 2.50. The zero-order chi connectivity index (χ0) is 46.5. The summed E-state index contributed by atoms with van der Waals surface area (Å²) in [6.45, 7) is 20.8. The maximum atomic E-state index is 13.3. The molecule has 63 heavy (non-hydrogen) atoms. The average molecular weight is 932 g/mol. The van der Waals surface area contributed by atoms with E-state index in [1.54, 1.807) is 41.5 Å². The average Bonchev–Trinajstić information content (AvgIpc) is 3.94. The van der Waals surface area contributed by atoms with Crippen LogP contribution in [-0.4, -0.2) is 77.2 Å². The molecule has 344 valence electrons. The number of aliphatic hydroxyl groups is 1. The summed E-state index contributed by atoms with van der Waals surface area (Å²) in [4.78, 5) is 49.2. The van der Waals surface area contributed by atoms with E-state index in [-0.39, 0.29) is 34.2 Å². The number of ether oxygens (including phenoxy) is 5. The van der Waals surface area contributed by atoms with Gasteiger partial charge in [-0.05, 0) is 143 Å². The number of nitrogens with one attached hydrogen (secondary N) is 2. The van der Waals surface area contributed by atoms with Gasteiger partial charge in [-0.25, -0.2) is 0 Å². The molecule has 2 amide bonds. The second-order valence-electron chi connectivity index (χ2n) is 19.7.